The summed E-state index contributed by atoms with van der Waals surface area (Å²) >= 11 is 5.29. The van der Waals surface area contributed by atoms with E-state index in [0.717, 1.165) is 16.6 Å². The molecule has 0 saturated heterocycles. The third kappa shape index (κ3) is 2.51. The predicted octanol–water partition coefficient (Wildman–Crippen LogP) is 3.64. The van der Waals surface area contributed by atoms with Crippen LogP contribution in [0.4, 0.5) is 0 Å². The molecular weight excluding hydrogens is 308 g/mol. The van der Waals surface area contributed by atoms with Crippen LogP contribution in [0.5, 0.6) is 0 Å². The van der Waals surface area contributed by atoms with E-state index < -0.39 is 0 Å². The van der Waals surface area contributed by atoms with Crippen LogP contribution >= 0.6 is 27.3 Å². The summed E-state index contributed by atoms with van der Waals surface area (Å²) in [5.41, 5.74) is 8.86. The quantitative estimate of drug-likeness (QED) is 0.937. The topological polar surface area (TPSA) is 38.9 Å². The number of aryl methyl sites for hydroxylation is 2. The van der Waals surface area contributed by atoms with Gasteiger partial charge in [0, 0.05) is 38.6 Å². The fourth-order valence-corrected chi connectivity index (χ4v) is 3.88. The van der Waals surface area contributed by atoms with Crippen LogP contribution in [0.25, 0.3) is 0 Å². The van der Waals surface area contributed by atoms with Crippen molar-refractivity contribution in [3.63, 3.8) is 0 Å². The summed E-state index contributed by atoms with van der Waals surface area (Å²) in [6.45, 7) is 0. The molecule has 0 bridgehead atoms. The second-order valence-corrected chi connectivity index (χ2v) is 6.81. The van der Waals surface area contributed by atoms with Crippen LogP contribution in [0.3, 0.4) is 0 Å². The lowest BCUT2D eigenvalue weighted by Gasteiger charge is -2.09. The number of halogens is 1. The van der Waals surface area contributed by atoms with E-state index in [2.05, 4.69) is 27.0 Å². The third-order valence-electron chi connectivity index (χ3n) is 3.35. The zero-order valence-corrected chi connectivity index (χ0v) is 12.4. The number of aromatic nitrogens is 1. The average Bonchev–Trinajstić information content (AvgIpc) is 2.92. The summed E-state index contributed by atoms with van der Waals surface area (Å²) < 4.78 is 1.01. The van der Waals surface area contributed by atoms with E-state index in [1.54, 1.807) is 4.88 Å². The Bertz CT molecular complexity index is 526. The zero-order valence-electron chi connectivity index (χ0n) is 10.0. The molecule has 0 amide bonds. The molecule has 2 heterocycles. The number of pyridine rings is 1. The molecule has 1 aliphatic carbocycles. The minimum atomic E-state index is 0.0780. The summed E-state index contributed by atoms with van der Waals surface area (Å²) in [6.07, 6.45) is 6.42. The normalized spacial score (nSPS) is 15.7. The van der Waals surface area contributed by atoms with Gasteiger partial charge >= 0.3 is 0 Å². The maximum atomic E-state index is 6.28. The number of thiophene rings is 1. The molecule has 2 aromatic rings. The first kappa shape index (κ1) is 12.3. The molecule has 0 radical (unpaired) electrons. The number of hydrogen-bond donors (Lipinski definition) is 1. The summed E-state index contributed by atoms with van der Waals surface area (Å²) in [7, 11) is 0. The Balaban J connectivity index is 1.74. The summed E-state index contributed by atoms with van der Waals surface area (Å²) in [6, 6.07) is 6.43. The van der Waals surface area contributed by atoms with Crippen molar-refractivity contribution in [3.05, 3.63) is 49.9 Å². The largest absolute Gasteiger partial charge is 0.323 e. The molecule has 0 aromatic carbocycles. The molecule has 0 aliphatic heterocycles. The smallest absolute Gasteiger partial charge is 0.0446 e. The van der Waals surface area contributed by atoms with Crippen LogP contribution in [0.1, 0.15) is 33.5 Å². The predicted molar refractivity (Wildman–Crippen MR) is 78.9 cm³/mol. The van der Waals surface area contributed by atoms with Gasteiger partial charge in [-0.05, 0) is 59.0 Å². The van der Waals surface area contributed by atoms with E-state index in [0.29, 0.717) is 0 Å². The molecule has 2 N–H and O–H groups in total. The van der Waals surface area contributed by atoms with Gasteiger partial charge in [0.1, 0.15) is 0 Å². The van der Waals surface area contributed by atoms with Crippen molar-refractivity contribution < 1.29 is 0 Å². The van der Waals surface area contributed by atoms with Gasteiger partial charge in [0.2, 0.25) is 0 Å². The molecule has 4 heteroatoms. The molecule has 94 valence electrons. The fraction of sp³-hybridized carbons (Fsp3) is 0.357. The molecule has 1 atom stereocenters. The minimum Gasteiger partial charge on any atom is -0.323 e. The highest BCUT2D eigenvalue weighted by Crippen LogP contribution is 2.33. The van der Waals surface area contributed by atoms with Crippen LogP contribution < -0.4 is 5.73 Å². The molecule has 1 aliphatic rings. The molecule has 2 nitrogen and oxygen atoms in total. The summed E-state index contributed by atoms with van der Waals surface area (Å²) in [5, 5.41) is 0. The Labute approximate surface area is 119 Å². The van der Waals surface area contributed by atoms with Gasteiger partial charge in [0.05, 0.1) is 0 Å². The van der Waals surface area contributed by atoms with E-state index in [9.17, 15) is 0 Å². The molecule has 2 aromatic heterocycles. The first-order valence-electron chi connectivity index (χ1n) is 6.20. The molecule has 3 rings (SSSR count). The van der Waals surface area contributed by atoms with Crippen molar-refractivity contribution in [1.29, 1.82) is 0 Å². The lowest BCUT2D eigenvalue weighted by molar-refractivity contribution is 0.718. The van der Waals surface area contributed by atoms with E-state index >= 15 is 0 Å². The van der Waals surface area contributed by atoms with Gasteiger partial charge in [-0.2, -0.15) is 0 Å². The molecule has 0 fully saturated rings. The van der Waals surface area contributed by atoms with Crippen molar-refractivity contribution in [2.45, 2.75) is 31.7 Å². The van der Waals surface area contributed by atoms with Crippen molar-refractivity contribution in [2.24, 2.45) is 5.73 Å². The summed E-state index contributed by atoms with van der Waals surface area (Å²) in [5.74, 6) is 0. The number of nitrogens with zero attached hydrogens (tertiary/aromatic N) is 1. The Morgan fingerprint density at radius 2 is 2.28 bits per heavy atom. The van der Waals surface area contributed by atoms with Gasteiger partial charge in [0.15, 0.2) is 0 Å². The van der Waals surface area contributed by atoms with Gasteiger partial charge in [0.25, 0.3) is 0 Å². The first-order valence-corrected chi connectivity index (χ1v) is 7.81. The number of nitrogens with two attached hydrogens (primary N) is 1. The van der Waals surface area contributed by atoms with Gasteiger partial charge in [-0.15, -0.1) is 11.3 Å². The van der Waals surface area contributed by atoms with Crippen molar-refractivity contribution in [3.8, 4) is 0 Å². The van der Waals surface area contributed by atoms with Gasteiger partial charge in [-0.3, -0.25) is 4.98 Å². The Hall–Kier alpha value is -0.710. The number of rotatable bonds is 3. The van der Waals surface area contributed by atoms with Crippen LogP contribution in [-0.4, -0.2) is 4.98 Å². The standard InChI is InChI=1S/C14H15BrN2S/c15-10-4-5-11(17-8-10)7-12(16)14-6-9-2-1-3-13(9)18-14/h4-6,8,12H,1-3,7,16H2. The third-order valence-corrected chi connectivity index (χ3v) is 5.19. The van der Waals surface area contributed by atoms with Gasteiger partial charge in [-0.25, -0.2) is 0 Å². The van der Waals surface area contributed by atoms with E-state index in [4.69, 9.17) is 5.73 Å². The van der Waals surface area contributed by atoms with E-state index in [-0.39, 0.29) is 6.04 Å². The molecule has 1 unspecified atom stereocenters. The molecular formula is C14H15BrN2S. The maximum Gasteiger partial charge on any atom is 0.0446 e. The molecule has 18 heavy (non-hydrogen) atoms. The van der Waals surface area contributed by atoms with Crippen LogP contribution in [0.15, 0.2) is 28.9 Å². The first-order chi connectivity index (χ1) is 8.72. The van der Waals surface area contributed by atoms with Crippen molar-refractivity contribution >= 4 is 27.3 Å². The Morgan fingerprint density at radius 1 is 1.39 bits per heavy atom. The molecule has 0 spiro atoms. The minimum absolute atomic E-state index is 0.0780. The lowest BCUT2D eigenvalue weighted by atomic mass is 10.1. The molecule has 0 saturated carbocycles. The maximum absolute atomic E-state index is 6.28. The van der Waals surface area contributed by atoms with Crippen molar-refractivity contribution in [2.75, 3.05) is 0 Å². The number of hydrogen-bond acceptors (Lipinski definition) is 3. The Morgan fingerprint density at radius 3 is 3.00 bits per heavy atom. The highest BCUT2D eigenvalue weighted by molar-refractivity contribution is 9.10. The van der Waals surface area contributed by atoms with Crippen LogP contribution in [0.2, 0.25) is 0 Å². The van der Waals surface area contributed by atoms with E-state index in [1.807, 2.05) is 29.7 Å². The fourth-order valence-electron chi connectivity index (χ4n) is 2.39. The van der Waals surface area contributed by atoms with Crippen LogP contribution in [-0.2, 0) is 19.3 Å². The Kier molecular flexibility index (Phi) is 3.50. The van der Waals surface area contributed by atoms with Gasteiger partial charge < -0.3 is 5.73 Å². The highest BCUT2D eigenvalue weighted by atomic mass is 79.9. The highest BCUT2D eigenvalue weighted by Gasteiger charge is 2.18. The zero-order chi connectivity index (χ0) is 12.5. The average molecular weight is 323 g/mol. The second-order valence-electron chi connectivity index (χ2n) is 4.73. The van der Waals surface area contributed by atoms with E-state index in [1.165, 1.54) is 29.7 Å². The second kappa shape index (κ2) is 5.11. The lowest BCUT2D eigenvalue weighted by Crippen LogP contribution is -2.12. The van der Waals surface area contributed by atoms with Crippen molar-refractivity contribution in [1.82, 2.24) is 4.98 Å². The number of fused-ring (bicyclic) bond motifs is 1. The summed E-state index contributed by atoms with van der Waals surface area (Å²) in [4.78, 5) is 7.24. The van der Waals surface area contributed by atoms with Crippen LogP contribution in [0, 0.1) is 0 Å². The SMILES string of the molecule is NC(Cc1ccc(Br)cn1)c1cc2c(s1)CCC2. The monoisotopic (exact) mass is 322 g/mol. The van der Waals surface area contributed by atoms with Gasteiger partial charge in [-0.1, -0.05) is 0 Å².